The number of fused-ring (bicyclic) bond motifs is 2. The lowest BCUT2D eigenvalue weighted by Crippen LogP contribution is -2.41. The van der Waals surface area contributed by atoms with Gasteiger partial charge < -0.3 is 14.7 Å². The molecule has 0 radical (unpaired) electrons. The summed E-state index contributed by atoms with van der Waals surface area (Å²) in [4.78, 5) is 21.9. The molecule has 2 atom stereocenters. The van der Waals surface area contributed by atoms with E-state index in [1.54, 1.807) is 11.1 Å². The molecule has 1 aromatic heterocycles. The van der Waals surface area contributed by atoms with Gasteiger partial charge in [0.1, 0.15) is 5.75 Å². The smallest absolute Gasteiger partial charge is 0.260 e. The molecule has 180 valence electrons. The molecule has 1 N–H and O–H groups in total. The highest BCUT2D eigenvalue weighted by Gasteiger charge is 2.29. The highest BCUT2D eigenvalue weighted by Crippen LogP contribution is 2.31. The standard InChI is InChI=1S/C29H31N3O3/c1-20-12-13-27(25-11-6-15-30-29(20)25)35-19-28(34)31(2)26(18-32-16-14-22(33)17-32)24-10-5-8-21-7-3-4-9-23(21)24/h3-13,15,22,26,33H,14,16-19H2,1-2H3/t22-,26?/m0/s1. The third-order valence-electron chi connectivity index (χ3n) is 7.00. The van der Waals surface area contributed by atoms with E-state index in [4.69, 9.17) is 4.74 Å². The largest absolute Gasteiger partial charge is 0.483 e. The molecule has 35 heavy (non-hydrogen) atoms. The zero-order chi connectivity index (χ0) is 24.4. The van der Waals surface area contributed by atoms with Crippen molar-refractivity contribution in [2.24, 2.45) is 0 Å². The Kier molecular flexibility index (Phi) is 6.66. The number of carbonyl (C=O) groups is 1. The van der Waals surface area contributed by atoms with E-state index in [1.165, 1.54) is 0 Å². The number of hydrogen-bond donors (Lipinski definition) is 1. The second-order valence-electron chi connectivity index (χ2n) is 9.36. The normalized spacial score (nSPS) is 17.1. The number of aryl methyl sites for hydroxylation is 1. The Bertz CT molecular complexity index is 1350. The monoisotopic (exact) mass is 469 g/mol. The molecule has 1 fully saturated rings. The van der Waals surface area contributed by atoms with Crippen molar-refractivity contribution in [2.75, 3.05) is 33.3 Å². The van der Waals surface area contributed by atoms with Crippen LogP contribution in [0.1, 0.15) is 23.6 Å². The summed E-state index contributed by atoms with van der Waals surface area (Å²) in [5.74, 6) is 0.560. The number of nitrogens with zero attached hydrogens (tertiary/aromatic N) is 3. The third kappa shape index (κ3) is 4.85. The lowest BCUT2D eigenvalue weighted by molar-refractivity contribution is -0.134. The van der Waals surface area contributed by atoms with E-state index in [9.17, 15) is 9.90 Å². The fraction of sp³-hybridized carbons (Fsp3) is 0.310. The molecule has 4 aromatic rings. The number of amides is 1. The second-order valence-corrected chi connectivity index (χ2v) is 9.36. The average Bonchev–Trinajstić information content (AvgIpc) is 3.31. The summed E-state index contributed by atoms with van der Waals surface area (Å²) in [7, 11) is 1.85. The van der Waals surface area contributed by atoms with Crippen LogP contribution in [0.15, 0.2) is 72.9 Å². The molecular weight excluding hydrogens is 438 g/mol. The molecule has 5 rings (SSSR count). The lowest BCUT2D eigenvalue weighted by atomic mass is 9.97. The van der Waals surface area contributed by atoms with Gasteiger partial charge in [-0.05, 0) is 53.4 Å². The summed E-state index contributed by atoms with van der Waals surface area (Å²) in [5, 5.41) is 13.3. The number of ether oxygens (including phenoxy) is 1. The van der Waals surface area contributed by atoms with Crippen molar-refractivity contribution in [3.8, 4) is 5.75 Å². The summed E-state index contributed by atoms with van der Waals surface area (Å²) < 4.78 is 6.03. The van der Waals surface area contributed by atoms with E-state index in [0.29, 0.717) is 18.8 Å². The van der Waals surface area contributed by atoms with Gasteiger partial charge in [0.25, 0.3) is 5.91 Å². The van der Waals surface area contributed by atoms with E-state index >= 15 is 0 Å². The number of β-amino-alcohol motifs (C(OH)–C–C–N with tert-alkyl or cyclic N) is 1. The van der Waals surface area contributed by atoms with Crippen LogP contribution < -0.4 is 4.74 Å². The van der Waals surface area contributed by atoms with E-state index in [1.807, 2.05) is 56.4 Å². The first-order chi connectivity index (χ1) is 17.0. The molecule has 6 heteroatoms. The Balaban J connectivity index is 1.40. The van der Waals surface area contributed by atoms with E-state index in [2.05, 4.69) is 34.1 Å². The van der Waals surface area contributed by atoms with Crippen LogP contribution in [0, 0.1) is 6.92 Å². The lowest BCUT2D eigenvalue weighted by Gasteiger charge is -2.33. The highest BCUT2D eigenvalue weighted by atomic mass is 16.5. The number of pyridine rings is 1. The van der Waals surface area contributed by atoms with Gasteiger partial charge in [-0.25, -0.2) is 0 Å². The van der Waals surface area contributed by atoms with Crippen molar-refractivity contribution in [1.29, 1.82) is 0 Å². The first-order valence-corrected chi connectivity index (χ1v) is 12.1. The van der Waals surface area contributed by atoms with Crippen LogP contribution >= 0.6 is 0 Å². The molecule has 0 spiro atoms. The minimum absolute atomic E-state index is 0.0621. The van der Waals surface area contributed by atoms with Crippen molar-refractivity contribution in [3.05, 3.63) is 84.1 Å². The van der Waals surface area contributed by atoms with Gasteiger partial charge in [0.05, 0.1) is 17.7 Å². The van der Waals surface area contributed by atoms with Crippen LogP contribution in [0.5, 0.6) is 5.75 Å². The number of likely N-dealkylation sites (tertiary alicyclic amines) is 1. The minimum atomic E-state index is -0.309. The minimum Gasteiger partial charge on any atom is -0.483 e. The molecule has 1 unspecified atom stereocenters. The maximum absolute atomic E-state index is 13.4. The van der Waals surface area contributed by atoms with Crippen LogP contribution in [-0.2, 0) is 4.79 Å². The number of carbonyl (C=O) groups excluding carboxylic acids is 1. The Morgan fingerprint density at radius 1 is 1.11 bits per heavy atom. The maximum atomic E-state index is 13.4. The van der Waals surface area contributed by atoms with Crippen LogP contribution in [0.4, 0.5) is 0 Å². The number of aliphatic hydroxyl groups is 1. The van der Waals surface area contributed by atoms with Crippen LogP contribution in [0.3, 0.4) is 0 Å². The number of hydrogen-bond acceptors (Lipinski definition) is 5. The van der Waals surface area contributed by atoms with Crippen LogP contribution in [-0.4, -0.2) is 65.2 Å². The average molecular weight is 470 g/mol. The van der Waals surface area contributed by atoms with Gasteiger partial charge in [-0.15, -0.1) is 0 Å². The molecule has 1 aliphatic heterocycles. The Morgan fingerprint density at radius 2 is 1.91 bits per heavy atom. The number of benzene rings is 3. The Morgan fingerprint density at radius 3 is 2.74 bits per heavy atom. The van der Waals surface area contributed by atoms with Crippen molar-refractivity contribution < 1.29 is 14.6 Å². The molecule has 0 bridgehead atoms. The quantitative estimate of drug-likeness (QED) is 0.436. The van der Waals surface area contributed by atoms with Crippen molar-refractivity contribution in [2.45, 2.75) is 25.5 Å². The predicted octanol–water partition coefficient (Wildman–Crippen LogP) is 4.34. The maximum Gasteiger partial charge on any atom is 0.260 e. The predicted molar refractivity (Wildman–Crippen MR) is 138 cm³/mol. The first kappa shape index (κ1) is 23.3. The van der Waals surface area contributed by atoms with E-state index < -0.39 is 0 Å². The van der Waals surface area contributed by atoms with Gasteiger partial charge >= 0.3 is 0 Å². The van der Waals surface area contributed by atoms with Crippen molar-refractivity contribution >= 4 is 27.6 Å². The summed E-state index contributed by atoms with van der Waals surface area (Å²) in [5.41, 5.74) is 3.05. The molecule has 6 nitrogen and oxygen atoms in total. The van der Waals surface area contributed by atoms with Gasteiger partial charge in [0.2, 0.25) is 0 Å². The fourth-order valence-electron chi connectivity index (χ4n) is 5.02. The number of likely N-dealkylation sites (N-methyl/N-ethyl adjacent to an activating group) is 1. The summed E-state index contributed by atoms with van der Waals surface area (Å²) in [6, 6.07) is 22.1. The van der Waals surface area contributed by atoms with Crippen LogP contribution in [0.2, 0.25) is 0 Å². The SMILES string of the molecule is Cc1ccc(OCC(=O)N(C)C(CN2CC[C@H](O)C2)c2cccc3ccccc23)c2cccnc12. The molecule has 1 saturated heterocycles. The third-order valence-corrected chi connectivity index (χ3v) is 7.00. The summed E-state index contributed by atoms with van der Waals surface area (Å²) in [6.45, 7) is 4.06. The zero-order valence-electron chi connectivity index (χ0n) is 20.2. The highest BCUT2D eigenvalue weighted by molar-refractivity contribution is 5.89. The van der Waals surface area contributed by atoms with E-state index in [-0.39, 0.29) is 24.7 Å². The number of rotatable bonds is 7. The van der Waals surface area contributed by atoms with Gasteiger partial charge in [0.15, 0.2) is 6.61 Å². The molecule has 1 aliphatic rings. The van der Waals surface area contributed by atoms with Crippen molar-refractivity contribution in [3.63, 3.8) is 0 Å². The Hall–Kier alpha value is -3.48. The molecule has 0 saturated carbocycles. The molecular formula is C29H31N3O3. The van der Waals surface area contributed by atoms with Gasteiger partial charge in [-0.1, -0.05) is 48.5 Å². The number of aromatic nitrogens is 1. The molecule has 3 aromatic carbocycles. The number of aliphatic hydroxyl groups excluding tert-OH is 1. The first-order valence-electron chi connectivity index (χ1n) is 12.1. The zero-order valence-corrected chi connectivity index (χ0v) is 20.2. The topological polar surface area (TPSA) is 65.9 Å². The Labute approximate surface area is 205 Å². The molecule has 1 amide bonds. The van der Waals surface area contributed by atoms with Gasteiger partial charge in [0, 0.05) is 38.3 Å². The molecule has 0 aliphatic carbocycles. The second kappa shape index (κ2) is 10.0. The van der Waals surface area contributed by atoms with Gasteiger partial charge in [-0.2, -0.15) is 0 Å². The molecule has 2 heterocycles. The fourth-order valence-corrected chi connectivity index (χ4v) is 5.02. The summed E-state index contributed by atoms with van der Waals surface area (Å²) >= 11 is 0. The van der Waals surface area contributed by atoms with Crippen LogP contribution in [0.25, 0.3) is 21.7 Å². The summed E-state index contributed by atoms with van der Waals surface area (Å²) in [6.07, 6.45) is 2.22. The van der Waals surface area contributed by atoms with E-state index in [0.717, 1.165) is 45.8 Å². The van der Waals surface area contributed by atoms with Gasteiger partial charge in [-0.3, -0.25) is 14.7 Å². The van der Waals surface area contributed by atoms with Crippen molar-refractivity contribution in [1.82, 2.24) is 14.8 Å².